The molecule has 2 aromatic heterocycles. The highest BCUT2D eigenvalue weighted by Crippen LogP contribution is 2.41. The summed E-state index contributed by atoms with van der Waals surface area (Å²) in [6.07, 6.45) is 2.15. The smallest absolute Gasteiger partial charge is 0.226 e. The maximum absolute atomic E-state index is 12.5. The second-order valence-electron chi connectivity index (χ2n) is 6.93. The number of nitrogens with one attached hydrogen (secondary N) is 2. The second kappa shape index (κ2) is 8.71. The Labute approximate surface area is 179 Å². The highest BCUT2D eigenvalue weighted by molar-refractivity contribution is 7.80. The van der Waals surface area contributed by atoms with Crippen molar-refractivity contribution in [2.24, 2.45) is 0 Å². The number of pyridine rings is 1. The number of carbonyl (C=O) groups excluding carboxylic acids is 1. The fourth-order valence-electron chi connectivity index (χ4n) is 3.53. The van der Waals surface area contributed by atoms with Crippen LogP contribution in [0.1, 0.15) is 34.0 Å². The Balaban J connectivity index is 1.52. The second-order valence-corrected chi connectivity index (χ2v) is 8.64. The quantitative estimate of drug-likeness (QED) is 0.575. The summed E-state index contributed by atoms with van der Waals surface area (Å²) >= 11 is 7.40. The van der Waals surface area contributed by atoms with Gasteiger partial charge in [-0.15, -0.1) is 11.3 Å². The number of para-hydroxylation sites is 1. The van der Waals surface area contributed by atoms with Gasteiger partial charge in [0, 0.05) is 34.6 Å². The van der Waals surface area contributed by atoms with Crippen LogP contribution in [-0.2, 0) is 4.79 Å². The van der Waals surface area contributed by atoms with Gasteiger partial charge >= 0.3 is 0 Å². The van der Waals surface area contributed by atoms with E-state index in [-0.39, 0.29) is 18.0 Å². The van der Waals surface area contributed by atoms with Crippen molar-refractivity contribution in [3.8, 4) is 0 Å². The monoisotopic (exact) mass is 422 g/mol. The zero-order valence-corrected chi connectivity index (χ0v) is 17.7. The summed E-state index contributed by atoms with van der Waals surface area (Å²) in [4.78, 5) is 21.6. The van der Waals surface area contributed by atoms with Crippen LogP contribution in [0.2, 0.25) is 0 Å². The zero-order valence-electron chi connectivity index (χ0n) is 16.0. The van der Waals surface area contributed by atoms with Gasteiger partial charge in [0.15, 0.2) is 5.11 Å². The number of benzene rings is 1. The molecule has 4 rings (SSSR count). The molecule has 0 aliphatic carbocycles. The first-order valence-corrected chi connectivity index (χ1v) is 10.7. The summed E-state index contributed by atoms with van der Waals surface area (Å²) in [5.41, 5.74) is 1.75. The van der Waals surface area contributed by atoms with E-state index in [9.17, 15) is 4.79 Å². The Hall–Kier alpha value is -2.77. The van der Waals surface area contributed by atoms with Gasteiger partial charge in [0.1, 0.15) is 0 Å². The van der Waals surface area contributed by atoms with Crippen molar-refractivity contribution in [2.75, 3.05) is 11.9 Å². The van der Waals surface area contributed by atoms with E-state index in [1.54, 1.807) is 17.5 Å². The minimum absolute atomic E-state index is 0.0145. The molecule has 1 aromatic carbocycles. The van der Waals surface area contributed by atoms with Crippen LogP contribution in [0.3, 0.4) is 0 Å². The molecule has 7 heteroatoms. The fraction of sp³-hybridized carbons (Fsp3) is 0.227. The van der Waals surface area contributed by atoms with Gasteiger partial charge < -0.3 is 15.5 Å². The summed E-state index contributed by atoms with van der Waals surface area (Å²) in [7, 11) is 0. The van der Waals surface area contributed by atoms with E-state index in [0.717, 1.165) is 11.4 Å². The van der Waals surface area contributed by atoms with Gasteiger partial charge in [0.25, 0.3) is 0 Å². The van der Waals surface area contributed by atoms with Crippen LogP contribution in [0.15, 0.2) is 66.9 Å². The topological polar surface area (TPSA) is 57.3 Å². The SMILES string of the molecule is Cc1ccc(C2C(c3ccccn3)NC(=S)N2CCC(=O)Nc2ccccc2)s1. The zero-order chi connectivity index (χ0) is 20.2. The Bertz CT molecular complexity index is 990. The maximum atomic E-state index is 12.5. The molecule has 3 heterocycles. The van der Waals surface area contributed by atoms with Crippen molar-refractivity contribution < 1.29 is 4.79 Å². The lowest BCUT2D eigenvalue weighted by atomic mass is 10.0. The van der Waals surface area contributed by atoms with Gasteiger partial charge in [-0.25, -0.2) is 0 Å². The van der Waals surface area contributed by atoms with E-state index in [0.29, 0.717) is 18.1 Å². The highest BCUT2D eigenvalue weighted by atomic mass is 32.1. The number of hydrogen-bond donors (Lipinski definition) is 2. The molecule has 2 atom stereocenters. The molecule has 2 unspecified atom stereocenters. The first-order valence-electron chi connectivity index (χ1n) is 9.51. The lowest BCUT2D eigenvalue weighted by molar-refractivity contribution is -0.116. The molecule has 29 heavy (non-hydrogen) atoms. The molecular formula is C22H22N4OS2. The third kappa shape index (κ3) is 4.46. The van der Waals surface area contributed by atoms with E-state index >= 15 is 0 Å². The predicted molar refractivity (Wildman–Crippen MR) is 121 cm³/mol. The molecule has 0 spiro atoms. The number of thiocarbonyl (C=S) groups is 1. The van der Waals surface area contributed by atoms with Crippen LogP contribution in [0.4, 0.5) is 5.69 Å². The minimum Gasteiger partial charge on any atom is -0.352 e. The Morgan fingerprint density at radius 3 is 2.66 bits per heavy atom. The summed E-state index contributed by atoms with van der Waals surface area (Å²) in [6, 6.07) is 19.7. The number of thiophene rings is 1. The van der Waals surface area contributed by atoms with Crippen LogP contribution < -0.4 is 10.6 Å². The number of hydrogen-bond acceptors (Lipinski definition) is 4. The molecule has 1 amide bonds. The Kier molecular flexibility index (Phi) is 5.87. The van der Waals surface area contributed by atoms with Crippen molar-refractivity contribution in [1.82, 2.24) is 15.2 Å². The van der Waals surface area contributed by atoms with Crippen molar-refractivity contribution >= 4 is 40.3 Å². The van der Waals surface area contributed by atoms with Gasteiger partial charge in [-0.2, -0.15) is 0 Å². The third-order valence-electron chi connectivity index (χ3n) is 4.89. The van der Waals surface area contributed by atoms with Gasteiger partial charge in [-0.05, 0) is 55.5 Å². The van der Waals surface area contributed by atoms with Crippen LogP contribution >= 0.6 is 23.6 Å². The van der Waals surface area contributed by atoms with Crippen LogP contribution in [-0.4, -0.2) is 27.4 Å². The molecule has 2 N–H and O–H groups in total. The number of anilines is 1. The van der Waals surface area contributed by atoms with Gasteiger partial charge in [-0.1, -0.05) is 24.3 Å². The lowest BCUT2D eigenvalue weighted by Gasteiger charge is -2.26. The molecule has 0 saturated carbocycles. The first-order chi connectivity index (χ1) is 14.1. The third-order valence-corrected chi connectivity index (χ3v) is 6.31. The number of rotatable bonds is 6. The van der Waals surface area contributed by atoms with Crippen molar-refractivity contribution in [2.45, 2.75) is 25.4 Å². The highest BCUT2D eigenvalue weighted by Gasteiger charge is 2.40. The molecule has 148 valence electrons. The number of nitrogens with zero attached hydrogens (tertiary/aromatic N) is 2. The summed E-state index contributed by atoms with van der Waals surface area (Å²) in [5, 5.41) is 7.02. The summed E-state index contributed by atoms with van der Waals surface area (Å²) in [6.45, 7) is 2.64. The molecule has 3 aromatic rings. The van der Waals surface area contributed by atoms with Crippen LogP contribution in [0, 0.1) is 6.92 Å². The fourth-order valence-corrected chi connectivity index (χ4v) is 4.89. The van der Waals surface area contributed by atoms with Gasteiger partial charge in [0.05, 0.1) is 17.8 Å². The Morgan fingerprint density at radius 2 is 1.97 bits per heavy atom. The molecule has 1 aliphatic rings. The normalized spacial score (nSPS) is 18.5. The van der Waals surface area contributed by atoms with Crippen molar-refractivity contribution in [1.29, 1.82) is 0 Å². The number of carbonyl (C=O) groups is 1. The summed E-state index contributed by atoms with van der Waals surface area (Å²) < 4.78 is 0. The molecule has 0 bridgehead atoms. The minimum atomic E-state index is -0.0427. The molecule has 1 saturated heterocycles. The number of aryl methyl sites for hydroxylation is 1. The van der Waals surface area contributed by atoms with E-state index in [4.69, 9.17) is 12.2 Å². The Morgan fingerprint density at radius 1 is 1.17 bits per heavy atom. The van der Waals surface area contributed by atoms with Crippen molar-refractivity contribution in [3.63, 3.8) is 0 Å². The van der Waals surface area contributed by atoms with Gasteiger partial charge in [0.2, 0.25) is 5.91 Å². The van der Waals surface area contributed by atoms with Crippen molar-refractivity contribution in [3.05, 3.63) is 82.3 Å². The standard InChI is InChI=1S/C22H22N4OS2/c1-15-10-11-18(29-15)21-20(17-9-5-6-13-23-17)25-22(28)26(21)14-12-19(27)24-16-7-3-2-4-8-16/h2-11,13,20-21H,12,14H2,1H3,(H,24,27)(H,25,28). The number of amides is 1. The van der Waals surface area contributed by atoms with E-state index < -0.39 is 0 Å². The predicted octanol–water partition coefficient (Wildman–Crippen LogP) is 4.45. The molecule has 1 aliphatic heterocycles. The van der Waals surface area contributed by atoms with E-state index in [1.807, 2.05) is 48.5 Å². The van der Waals surface area contributed by atoms with Crippen LogP contribution in [0.5, 0.6) is 0 Å². The number of aromatic nitrogens is 1. The average molecular weight is 423 g/mol. The molecule has 1 fully saturated rings. The van der Waals surface area contributed by atoms with Crippen LogP contribution in [0.25, 0.3) is 0 Å². The molecule has 5 nitrogen and oxygen atoms in total. The summed E-state index contributed by atoms with van der Waals surface area (Å²) in [5.74, 6) is -0.0265. The largest absolute Gasteiger partial charge is 0.352 e. The molecule has 0 radical (unpaired) electrons. The maximum Gasteiger partial charge on any atom is 0.226 e. The first kappa shape index (κ1) is 19.5. The van der Waals surface area contributed by atoms with Gasteiger partial charge in [-0.3, -0.25) is 9.78 Å². The molecular weight excluding hydrogens is 400 g/mol. The van der Waals surface area contributed by atoms with E-state index in [1.165, 1.54) is 9.75 Å². The lowest BCUT2D eigenvalue weighted by Crippen LogP contribution is -2.32. The van der Waals surface area contributed by atoms with E-state index in [2.05, 4.69) is 39.6 Å². The average Bonchev–Trinajstić information content (AvgIpc) is 3.30.